The van der Waals surface area contributed by atoms with Crippen LogP contribution in [0.2, 0.25) is 5.02 Å². The summed E-state index contributed by atoms with van der Waals surface area (Å²) in [5, 5.41) is 3.56. The molecule has 0 saturated heterocycles. The fourth-order valence-corrected chi connectivity index (χ4v) is 6.47. The molecule has 0 fully saturated rings. The first kappa shape index (κ1) is 20.7. The van der Waals surface area contributed by atoms with Gasteiger partial charge in [0.25, 0.3) is 0 Å². The molecule has 1 aliphatic heterocycles. The van der Waals surface area contributed by atoms with Crippen molar-refractivity contribution in [3.8, 4) is 0 Å². The number of benzene rings is 1. The predicted molar refractivity (Wildman–Crippen MR) is 107 cm³/mol. The minimum Gasteiger partial charge on any atom is -0.464 e. The summed E-state index contributed by atoms with van der Waals surface area (Å²) in [5.74, 6) is -0.664. The van der Waals surface area contributed by atoms with E-state index in [0.717, 1.165) is 18.2 Å². The van der Waals surface area contributed by atoms with Gasteiger partial charge in [-0.3, -0.25) is 9.59 Å². The van der Waals surface area contributed by atoms with Crippen LogP contribution in [-0.2, 0) is 25.4 Å². The fraction of sp³-hybridized carbons (Fsp3) is 0.353. The van der Waals surface area contributed by atoms with Crippen LogP contribution in [0.5, 0.6) is 0 Å². The second kappa shape index (κ2) is 6.78. The average molecular weight is 445 g/mol. The van der Waals surface area contributed by atoms with Crippen LogP contribution in [0.4, 0.5) is 0 Å². The van der Waals surface area contributed by atoms with Crippen molar-refractivity contribution in [2.45, 2.75) is 37.8 Å². The largest absolute Gasteiger partial charge is 0.464 e. The van der Waals surface area contributed by atoms with E-state index in [-0.39, 0.29) is 16.5 Å². The summed E-state index contributed by atoms with van der Waals surface area (Å²) in [6.45, 7) is 5.43. The summed E-state index contributed by atoms with van der Waals surface area (Å²) in [6, 6.07) is 4.43. The lowest BCUT2D eigenvalue weighted by molar-refractivity contribution is -0.129. The molecule has 2 aromatic rings. The first-order valence-electron chi connectivity index (χ1n) is 8.11. The molecule has 150 valence electrons. The van der Waals surface area contributed by atoms with E-state index in [1.807, 2.05) is 0 Å². The lowest BCUT2D eigenvalue weighted by Crippen LogP contribution is -2.36. The van der Waals surface area contributed by atoms with Crippen LogP contribution in [0, 0.1) is 0 Å². The molecule has 1 aliphatic rings. The number of carbonyl (C=O) groups is 1. The molecule has 2 heterocycles. The van der Waals surface area contributed by atoms with Crippen molar-refractivity contribution in [3.05, 3.63) is 45.3 Å². The van der Waals surface area contributed by atoms with Crippen LogP contribution in [-0.4, -0.2) is 32.7 Å². The van der Waals surface area contributed by atoms with Crippen molar-refractivity contribution in [2.75, 3.05) is 0 Å². The van der Waals surface area contributed by atoms with E-state index in [1.165, 1.54) is 32.9 Å². The van der Waals surface area contributed by atoms with E-state index in [9.17, 15) is 22.2 Å². The van der Waals surface area contributed by atoms with Crippen LogP contribution < -0.4 is 5.43 Å². The van der Waals surface area contributed by atoms with Gasteiger partial charge >= 0.3 is 0 Å². The first-order chi connectivity index (χ1) is 12.9. The van der Waals surface area contributed by atoms with E-state index < -0.39 is 46.5 Å². The molecule has 28 heavy (non-hydrogen) atoms. The standard InChI is InChI=1S/C17H17ClN2O6S2/c1-9(21)20-15(27(23)16(19-20)28(24,25)17(2,3)4)12-8-26-13-6-5-10(18)7-11(13)14(12)22/h5-8,15H,1-4H3. The number of fused-ring (bicyclic) bond motifs is 1. The molecule has 3 rings (SSSR count). The molecule has 0 N–H and O–H groups in total. The van der Waals surface area contributed by atoms with E-state index in [0.29, 0.717) is 5.02 Å². The molecular formula is C17H17ClN2O6S2. The Morgan fingerprint density at radius 2 is 1.96 bits per heavy atom. The van der Waals surface area contributed by atoms with Crippen LogP contribution in [0.1, 0.15) is 38.6 Å². The van der Waals surface area contributed by atoms with Gasteiger partial charge in [0.05, 0.1) is 15.7 Å². The summed E-state index contributed by atoms with van der Waals surface area (Å²) < 4.78 is 42.1. The lowest BCUT2D eigenvalue weighted by atomic mass is 10.1. The Balaban J connectivity index is 2.22. The van der Waals surface area contributed by atoms with Crippen molar-refractivity contribution < 1.29 is 21.8 Å². The zero-order valence-corrected chi connectivity index (χ0v) is 17.8. The molecule has 0 saturated carbocycles. The van der Waals surface area contributed by atoms with Crippen molar-refractivity contribution in [2.24, 2.45) is 5.10 Å². The van der Waals surface area contributed by atoms with Gasteiger partial charge in [-0.1, -0.05) is 11.6 Å². The number of halogens is 1. The van der Waals surface area contributed by atoms with E-state index in [2.05, 4.69) is 5.10 Å². The quantitative estimate of drug-likeness (QED) is 0.667. The number of sulfone groups is 1. The molecule has 0 radical (unpaired) electrons. The molecule has 2 unspecified atom stereocenters. The molecule has 8 nitrogen and oxygen atoms in total. The van der Waals surface area contributed by atoms with Gasteiger partial charge in [0.2, 0.25) is 20.1 Å². The molecule has 0 spiro atoms. The maximum Gasteiger partial charge on any atom is 0.242 e. The predicted octanol–water partition coefficient (Wildman–Crippen LogP) is 2.54. The van der Waals surface area contributed by atoms with Gasteiger partial charge in [-0.25, -0.2) is 17.6 Å². The first-order valence-corrected chi connectivity index (χ1v) is 11.2. The Morgan fingerprint density at radius 3 is 2.54 bits per heavy atom. The average Bonchev–Trinajstić information content (AvgIpc) is 2.93. The Labute approximate surface area is 168 Å². The Kier molecular flexibility index (Phi) is 5.01. The molecule has 0 aliphatic carbocycles. The molecule has 0 bridgehead atoms. The molecule has 1 amide bonds. The van der Waals surface area contributed by atoms with Crippen LogP contribution in [0.3, 0.4) is 0 Å². The number of rotatable bonds is 1. The van der Waals surface area contributed by atoms with Gasteiger partial charge in [-0.2, -0.15) is 0 Å². The summed E-state index contributed by atoms with van der Waals surface area (Å²) >= 11 is 5.94. The molecule has 11 heteroatoms. The Bertz CT molecular complexity index is 1210. The lowest BCUT2D eigenvalue weighted by Gasteiger charge is -2.19. The maximum atomic E-state index is 13.1. The summed E-state index contributed by atoms with van der Waals surface area (Å²) in [4.78, 5) is 25.0. The summed E-state index contributed by atoms with van der Waals surface area (Å²) in [5.41, 5.74) is -0.469. The third-order valence-corrected chi connectivity index (χ3v) is 9.00. The molecular weight excluding hydrogens is 428 g/mol. The third kappa shape index (κ3) is 3.19. The zero-order valence-electron chi connectivity index (χ0n) is 15.4. The van der Waals surface area contributed by atoms with Crippen molar-refractivity contribution in [1.29, 1.82) is 0 Å². The Hall–Kier alpha value is -2.04. The highest BCUT2D eigenvalue weighted by atomic mass is 35.5. The Morgan fingerprint density at radius 1 is 1.32 bits per heavy atom. The van der Waals surface area contributed by atoms with E-state index in [1.54, 1.807) is 6.07 Å². The number of hydrogen-bond donors (Lipinski definition) is 0. The number of hydrogen-bond acceptors (Lipinski definition) is 7. The number of carbonyl (C=O) groups excluding carboxylic acids is 1. The minimum atomic E-state index is -4.09. The monoisotopic (exact) mass is 444 g/mol. The van der Waals surface area contributed by atoms with Crippen molar-refractivity contribution in [1.82, 2.24) is 5.01 Å². The zero-order chi connectivity index (χ0) is 21.0. The fourth-order valence-electron chi connectivity index (χ4n) is 2.56. The van der Waals surface area contributed by atoms with Gasteiger partial charge in [0.1, 0.15) is 22.6 Å². The highest BCUT2D eigenvalue weighted by Gasteiger charge is 2.48. The van der Waals surface area contributed by atoms with Crippen LogP contribution in [0.15, 0.2) is 38.8 Å². The van der Waals surface area contributed by atoms with E-state index in [4.69, 9.17) is 16.0 Å². The molecule has 2 atom stereocenters. The van der Waals surface area contributed by atoms with Crippen LogP contribution in [0.25, 0.3) is 11.0 Å². The third-order valence-electron chi connectivity index (χ3n) is 4.17. The van der Waals surface area contributed by atoms with Gasteiger partial charge < -0.3 is 4.42 Å². The van der Waals surface area contributed by atoms with Crippen LogP contribution >= 0.6 is 11.6 Å². The number of nitrogens with zero attached hydrogens (tertiary/aromatic N) is 2. The van der Waals surface area contributed by atoms with Gasteiger partial charge in [-0.05, 0) is 39.0 Å². The van der Waals surface area contributed by atoms with Gasteiger partial charge in [0, 0.05) is 11.9 Å². The van der Waals surface area contributed by atoms with E-state index >= 15 is 0 Å². The van der Waals surface area contributed by atoms with Crippen molar-refractivity contribution in [3.63, 3.8) is 0 Å². The maximum absolute atomic E-state index is 13.1. The molecule has 1 aromatic heterocycles. The highest BCUT2D eigenvalue weighted by molar-refractivity contribution is 8.29. The van der Waals surface area contributed by atoms with Crippen molar-refractivity contribution >= 4 is 53.5 Å². The summed E-state index contributed by atoms with van der Waals surface area (Å²) in [7, 11) is -6.39. The minimum absolute atomic E-state index is 0.123. The number of hydrazone groups is 1. The SMILES string of the molecule is CC(=O)N1N=C(S(=O)(=O)C(C)(C)C)S(=O)C1c1coc2ccc(Cl)cc2c1=O. The molecule has 1 aromatic carbocycles. The van der Waals surface area contributed by atoms with Gasteiger partial charge in [0.15, 0.2) is 10.8 Å². The highest BCUT2D eigenvalue weighted by Crippen LogP contribution is 2.35. The smallest absolute Gasteiger partial charge is 0.242 e. The second-order valence-corrected chi connectivity index (χ2v) is 11.9. The number of amides is 1. The second-order valence-electron chi connectivity index (χ2n) is 7.16. The topological polar surface area (TPSA) is 114 Å². The summed E-state index contributed by atoms with van der Waals surface area (Å²) in [6.07, 6.45) is 1.07. The normalized spacial score (nSPS) is 20.5. The van der Waals surface area contributed by atoms with Gasteiger partial charge in [-0.15, -0.1) is 5.10 Å².